The third-order valence-corrected chi connectivity index (χ3v) is 2.71. The van der Waals surface area contributed by atoms with Crippen LogP contribution in [0.2, 0.25) is 0 Å². The average Bonchev–Trinajstić information content (AvgIpc) is 2.24. The van der Waals surface area contributed by atoms with E-state index in [2.05, 4.69) is 15.4 Å². The number of carbonyl (C=O) groups is 1. The predicted molar refractivity (Wildman–Crippen MR) is 62.7 cm³/mol. The van der Waals surface area contributed by atoms with E-state index < -0.39 is 6.36 Å². The van der Waals surface area contributed by atoms with Crippen LogP contribution < -0.4 is 15.4 Å². The summed E-state index contributed by atoms with van der Waals surface area (Å²) in [6, 6.07) is 5.07. The molecule has 1 heterocycles. The van der Waals surface area contributed by atoms with Gasteiger partial charge in [0.15, 0.2) is 0 Å². The molecular weight excluding hydrogens is 261 g/mol. The maximum Gasteiger partial charge on any atom is 0.573 e. The fraction of sp³-hybridized carbons (Fsp3) is 0.417. The smallest absolute Gasteiger partial charge is 0.406 e. The minimum Gasteiger partial charge on any atom is -0.406 e. The summed E-state index contributed by atoms with van der Waals surface area (Å²) in [4.78, 5) is 11.6. The number of amides is 1. The minimum atomic E-state index is -4.71. The number of rotatable bonds is 4. The van der Waals surface area contributed by atoms with E-state index in [1.807, 2.05) is 0 Å². The third kappa shape index (κ3) is 4.44. The Morgan fingerprint density at radius 1 is 1.32 bits per heavy atom. The van der Waals surface area contributed by atoms with E-state index in [9.17, 15) is 18.0 Å². The zero-order valence-corrected chi connectivity index (χ0v) is 9.96. The average molecular weight is 274 g/mol. The van der Waals surface area contributed by atoms with Crippen molar-refractivity contribution in [1.29, 1.82) is 0 Å². The van der Waals surface area contributed by atoms with Crippen LogP contribution in [0.4, 0.5) is 18.9 Å². The summed E-state index contributed by atoms with van der Waals surface area (Å²) in [5.74, 6) is -0.113. The number of benzene rings is 1. The molecule has 0 unspecified atom stereocenters. The van der Waals surface area contributed by atoms with Gasteiger partial charge in [0.25, 0.3) is 0 Å². The van der Waals surface area contributed by atoms with E-state index in [0.29, 0.717) is 18.0 Å². The van der Waals surface area contributed by atoms with E-state index in [4.69, 9.17) is 0 Å². The third-order valence-electron chi connectivity index (χ3n) is 2.71. The van der Waals surface area contributed by atoms with E-state index in [-0.39, 0.29) is 11.7 Å². The Hall–Kier alpha value is -1.76. The molecule has 1 saturated heterocycles. The summed E-state index contributed by atoms with van der Waals surface area (Å²) in [7, 11) is 0. The van der Waals surface area contributed by atoms with Crippen molar-refractivity contribution in [2.24, 2.45) is 5.92 Å². The highest BCUT2D eigenvalue weighted by Gasteiger charge is 2.31. The van der Waals surface area contributed by atoms with Gasteiger partial charge in [-0.25, -0.2) is 0 Å². The van der Waals surface area contributed by atoms with E-state index in [0.717, 1.165) is 25.2 Å². The van der Waals surface area contributed by atoms with Crippen molar-refractivity contribution >= 4 is 11.6 Å². The lowest BCUT2D eigenvalue weighted by molar-refractivity contribution is -0.274. The Morgan fingerprint density at radius 3 is 2.42 bits per heavy atom. The maximum atomic E-state index is 11.9. The van der Waals surface area contributed by atoms with Gasteiger partial charge in [-0.1, -0.05) is 0 Å². The molecule has 0 aliphatic carbocycles. The van der Waals surface area contributed by atoms with Crippen molar-refractivity contribution in [3.63, 3.8) is 0 Å². The lowest BCUT2D eigenvalue weighted by atomic mass is 9.99. The number of ether oxygens (including phenoxy) is 1. The Balaban J connectivity index is 1.85. The van der Waals surface area contributed by atoms with Crippen molar-refractivity contribution in [2.75, 3.05) is 18.4 Å². The van der Waals surface area contributed by atoms with Gasteiger partial charge < -0.3 is 15.4 Å². The Kier molecular flexibility index (Phi) is 3.94. The lowest BCUT2D eigenvalue weighted by Crippen LogP contribution is -2.43. The second-order valence-corrected chi connectivity index (χ2v) is 4.35. The number of anilines is 1. The molecule has 1 aliphatic heterocycles. The zero-order valence-electron chi connectivity index (χ0n) is 9.96. The summed E-state index contributed by atoms with van der Waals surface area (Å²) < 4.78 is 39.6. The fourth-order valence-electron chi connectivity index (χ4n) is 1.71. The molecule has 2 N–H and O–H groups in total. The monoisotopic (exact) mass is 274 g/mol. The van der Waals surface area contributed by atoms with Gasteiger partial charge in [-0.3, -0.25) is 4.79 Å². The van der Waals surface area contributed by atoms with E-state index >= 15 is 0 Å². The predicted octanol–water partition coefficient (Wildman–Crippen LogP) is 2.13. The number of nitrogens with one attached hydrogen (secondary N) is 2. The largest absolute Gasteiger partial charge is 0.573 e. The van der Waals surface area contributed by atoms with Crippen LogP contribution >= 0.6 is 0 Å². The summed E-state index contributed by atoms with van der Waals surface area (Å²) in [5.41, 5.74) is 0.451. The first-order chi connectivity index (χ1) is 8.92. The minimum absolute atomic E-state index is 0.143. The van der Waals surface area contributed by atoms with Gasteiger partial charge in [0.2, 0.25) is 5.91 Å². The standard InChI is InChI=1S/C12H13F3N2O2/c13-12(14,15)19-10-3-1-9(2-4-10)17-11(18)5-8-6-16-7-8/h1-4,8,16H,5-7H2,(H,17,18). The van der Waals surface area contributed by atoms with Gasteiger partial charge in [-0.05, 0) is 43.3 Å². The van der Waals surface area contributed by atoms with Crippen molar-refractivity contribution in [1.82, 2.24) is 5.32 Å². The quantitative estimate of drug-likeness (QED) is 0.884. The molecule has 0 aromatic heterocycles. The van der Waals surface area contributed by atoms with Crippen LogP contribution in [-0.4, -0.2) is 25.4 Å². The first-order valence-electron chi connectivity index (χ1n) is 5.79. The van der Waals surface area contributed by atoms with Crippen molar-refractivity contribution in [3.8, 4) is 5.75 Å². The highest BCUT2D eigenvalue weighted by Crippen LogP contribution is 2.24. The molecule has 0 saturated carbocycles. The molecule has 104 valence electrons. The van der Waals surface area contributed by atoms with Crippen molar-refractivity contribution < 1.29 is 22.7 Å². The van der Waals surface area contributed by atoms with Gasteiger partial charge >= 0.3 is 6.36 Å². The summed E-state index contributed by atoms with van der Waals surface area (Å²) in [6.45, 7) is 1.65. The van der Waals surface area contributed by atoms with Crippen LogP contribution in [-0.2, 0) is 4.79 Å². The molecule has 0 atom stereocenters. The summed E-state index contributed by atoms with van der Waals surface area (Å²) in [5, 5.41) is 5.68. The SMILES string of the molecule is O=C(CC1CNC1)Nc1ccc(OC(F)(F)F)cc1. The molecule has 19 heavy (non-hydrogen) atoms. The summed E-state index contributed by atoms with van der Waals surface area (Å²) >= 11 is 0. The van der Waals surface area contributed by atoms with Gasteiger partial charge in [0, 0.05) is 12.1 Å². The zero-order chi connectivity index (χ0) is 13.9. The molecule has 0 spiro atoms. The molecule has 1 aliphatic rings. The Morgan fingerprint density at radius 2 is 1.95 bits per heavy atom. The van der Waals surface area contributed by atoms with Crippen molar-refractivity contribution in [3.05, 3.63) is 24.3 Å². The van der Waals surface area contributed by atoms with Crippen LogP contribution in [0.3, 0.4) is 0 Å². The molecule has 1 aromatic rings. The molecule has 1 aromatic carbocycles. The number of hydrogen-bond acceptors (Lipinski definition) is 3. The highest BCUT2D eigenvalue weighted by atomic mass is 19.4. The first kappa shape index (κ1) is 13.7. The van der Waals surface area contributed by atoms with Gasteiger partial charge in [-0.2, -0.15) is 0 Å². The van der Waals surface area contributed by atoms with Crippen molar-refractivity contribution in [2.45, 2.75) is 12.8 Å². The Labute approximate surface area is 107 Å². The topological polar surface area (TPSA) is 50.4 Å². The molecule has 0 radical (unpaired) electrons. The molecule has 1 amide bonds. The van der Waals surface area contributed by atoms with Crippen LogP contribution in [0.25, 0.3) is 0 Å². The molecule has 4 nitrogen and oxygen atoms in total. The lowest BCUT2D eigenvalue weighted by Gasteiger charge is -2.26. The number of hydrogen-bond donors (Lipinski definition) is 2. The molecule has 0 bridgehead atoms. The first-order valence-corrected chi connectivity index (χ1v) is 5.79. The van der Waals surface area contributed by atoms with Crippen LogP contribution in [0.15, 0.2) is 24.3 Å². The van der Waals surface area contributed by atoms with Crippen LogP contribution in [0, 0.1) is 5.92 Å². The number of alkyl halides is 3. The Bertz CT molecular complexity index is 441. The van der Waals surface area contributed by atoms with E-state index in [1.165, 1.54) is 12.1 Å². The second-order valence-electron chi connectivity index (χ2n) is 4.35. The van der Waals surface area contributed by atoms with E-state index in [1.54, 1.807) is 0 Å². The van der Waals surface area contributed by atoms with Crippen LogP contribution in [0.1, 0.15) is 6.42 Å². The molecule has 7 heteroatoms. The maximum absolute atomic E-state index is 11.9. The normalized spacial score (nSPS) is 15.7. The summed E-state index contributed by atoms with van der Waals surface area (Å²) in [6.07, 6.45) is -4.30. The molecule has 2 rings (SSSR count). The number of halogens is 3. The van der Waals surface area contributed by atoms with Crippen LogP contribution in [0.5, 0.6) is 5.75 Å². The highest BCUT2D eigenvalue weighted by molar-refractivity contribution is 5.90. The fourth-order valence-corrected chi connectivity index (χ4v) is 1.71. The van der Waals surface area contributed by atoms with Gasteiger partial charge in [-0.15, -0.1) is 13.2 Å². The van der Waals surface area contributed by atoms with Gasteiger partial charge in [0.1, 0.15) is 5.75 Å². The second kappa shape index (κ2) is 5.48. The number of carbonyl (C=O) groups excluding carboxylic acids is 1. The molecular formula is C12H13F3N2O2. The molecule has 1 fully saturated rings. The van der Waals surface area contributed by atoms with Gasteiger partial charge in [0.05, 0.1) is 0 Å².